The fraction of sp³-hybridized carbons (Fsp3) is 0.611. The summed E-state index contributed by atoms with van der Waals surface area (Å²) in [5.74, 6) is 1.99. The molecule has 4 unspecified atom stereocenters. The molecule has 2 fully saturated rings. The number of carbonyl (C=O) groups excluding carboxylic acids is 1. The van der Waals surface area contributed by atoms with E-state index in [1.54, 1.807) is 7.05 Å². The number of aryl methyl sites for hydroxylation is 1. The second kappa shape index (κ2) is 6.42. The van der Waals surface area contributed by atoms with Crippen LogP contribution in [0.1, 0.15) is 38.2 Å². The normalized spacial score (nSPS) is 26.9. The second-order valence-corrected chi connectivity index (χ2v) is 7.31. The number of nitrogens with zero attached hydrogens (tertiary/aromatic N) is 2. The summed E-state index contributed by atoms with van der Waals surface area (Å²) in [6, 6.07) is 0.153. The molecule has 0 spiro atoms. The molecule has 0 radical (unpaired) electrons. The van der Waals surface area contributed by atoms with Crippen molar-refractivity contribution in [2.24, 2.45) is 31.8 Å². The zero-order valence-corrected chi connectivity index (χ0v) is 14.5. The molecular weight excluding hydrogens is 306 g/mol. The van der Waals surface area contributed by atoms with E-state index in [1.807, 2.05) is 0 Å². The molecule has 1 aromatic heterocycles. The first kappa shape index (κ1) is 16.7. The SMILES string of the molecule is CC(NC(=O)/C=C/c1cn(C)c(=O)n(C)c1=O)C1CC2CCC1C2. The summed E-state index contributed by atoms with van der Waals surface area (Å²) in [6.45, 7) is 2.07. The molecule has 6 heteroatoms. The average Bonchev–Trinajstić information content (AvgIpc) is 3.18. The zero-order chi connectivity index (χ0) is 17.4. The highest BCUT2D eigenvalue weighted by Crippen LogP contribution is 2.49. The Morgan fingerprint density at radius 1 is 1.29 bits per heavy atom. The van der Waals surface area contributed by atoms with E-state index in [0.29, 0.717) is 11.5 Å². The molecule has 2 aliphatic carbocycles. The molecule has 0 aromatic carbocycles. The zero-order valence-electron chi connectivity index (χ0n) is 14.5. The highest BCUT2D eigenvalue weighted by atomic mass is 16.2. The van der Waals surface area contributed by atoms with E-state index in [2.05, 4.69) is 12.2 Å². The smallest absolute Gasteiger partial charge is 0.330 e. The summed E-state index contributed by atoms with van der Waals surface area (Å²) in [4.78, 5) is 35.9. The molecule has 2 saturated carbocycles. The maximum Gasteiger partial charge on any atom is 0.330 e. The lowest BCUT2D eigenvalue weighted by molar-refractivity contribution is -0.117. The predicted octanol–water partition coefficient (Wildman–Crippen LogP) is 1.04. The Balaban J connectivity index is 1.66. The van der Waals surface area contributed by atoms with Crippen molar-refractivity contribution in [1.29, 1.82) is 0 Å². The lowest BCUT2D eigenvalue weighted by Gasteiger charge is -2.28. The van der Waals surface area contributed by atoms with E-state index in [-0.39, 0.29) is 17.6 Å². The van der Waals surface area contributed by atoms with Crippen LogP contribution in [-0.4, -0.2) is 21.1 Å². The van der Waals surface area contributed by atoms with Gasteiger partial charge in [-0.15, -0.1) is 0 Å². The van der Waals surface area contributed by atoms with Crippen LogP contribution in [-0.2, 0) is 18.9 Å². The van der Waals surface area contributed by atoms with E-state index in [1.165, 1.54) is 55.6 Å². The standard InChI is InChI=1S/C18H25N3O3/c1-11(15-9-12-4-5-13(15)8-12)19-16(22)7-6-14-10-20(2)18(24)21(3)17(14)23/h6-7,10-13,15H,4-5,8-9H2,1-3H3,(H,19,22)/b7-6+. The summed E-state index contributed by atoms with van der Waals surface area (Å²) in [6.07, 6.45) is 9.48. The Morgan fingerprint density at radius 3 is 2.67 bits per heavy atom. The van der Waals surface area contributed by atoms with Gasteiger partial charge in [0.2, 0.25) is 5.91 Å². The van der Waals surface area contributed by atoms with Gasteiger partial charge in [-0.1, -0.05) is 6.42 Å². The number of nitrogens with one attached hydrogen (secondary N) is 1. The molecule has 130 valence electrons. The maximum atomic E-state index is 12.2. The van der Waals surface area contributed by atoms with E-state index in [4.69, 9.17) is 0 Å². The van der Waals surface area contributed by atoms with E-state index < -0.39 is 5.56 Å². The van der Waals surface area contributed by atoms with Crippen molar-refractivity contribution in [3.05, 3.63) is 38.7 Å². The van der Waals surface area contributed by atoms with Crippen molar-refractivity contribution >= 4 is 12.0 Å². The highest BCUT2D eigenvalue weighted by Gasteiger charge is 2.41. The molecule has 6 nitrogen and oxygen atoms in total. The van der Waals surface area contributed by atoms with E-state index in [9.17, 15) is 14.4 Å². The van der Waals surface area contributed by atoms with Gasteiger partial charge in [0.25, 0.3) is 5.56 Å². The third-order valence-corrected chi connectivity index (χ3v) is 5.69. The van der Waals surface area contributed by atoms with Gasteiger partial charge in [0.1, 0.15) is 0 Å². The van der Waals surface area contributed by atoms with Crippen LogP contribution in [0.25, 0.3) is 6.08 Å². The first-order valence-corrected chi connectivity index (χ1v) is 8.62. The molecule has 2 bridgehead atoms. The summed E-state index contributed by atoms with van der Waals surface area (Å²) in [5, 5.41) is 3.03. The minimum atomic E-state index is -0.400. The van der Waals surface area contributed by atoms with Gasteiger partial charge in [-0.05, 0) is 50.0 Å². The number of hydrogen-bond donors (Lipinski definition) is 1. The maximum absolute atomic E-state index is 12.2. The lowest BCUT2D eigenvalue weighted by Crippen LogP contribution is -2.39. The van der Waals surface area contributed by atoms with E-state index >= 15 is 0 Å². The van der Waals surface area contributed by atoms with Crippen molar-refractivity contribution in [3.8, 4) is 0 Å². The summed E-state index contributed by atoms with van der Waals surface area (Å²) >= 11 is 0. The summed E-state index contributed by atoms with van der Waals surface area (Å²) in [5.41, 5.74) is -0.461. The van der Waals surface area contributed by atoms with Crippen LogP contribution >= 0.6 is 0 Å². The third kappa shape index (κ3) is 3.09. The van der Waals surface area contributed by atoms with Crippen LogP contribution in [0.2, 0.25) is 0 Å². The van der Waals surface area contributed by atoms with Gasteiger partial charge in [0.05, 0.1) is 5.56 Å². The minimum Gasteiger partial charge on any atom is -0.350 e. The number of aromatic nitrogens is 2. The van der Waals surface area contributed by atoms with Crippen molar-refractivity contribution in [2.45, 2.75) is 38.6 Å². The molecule has 1 N–H and O–H groups in total. The number of carbonyl (C=O) groups is 1. The lowest BCUT2D eigenvalue weighted by atomic mass is 9.84. The Hall–Kier alpha value is -2.11. The number of rotatable bonds is 4. The van der Waals surface area contributed by atoms with Gasteiger partial charge in [-0.2, -0.15) is 0 Å². The molecule has 2 aliphatic rings. The van der Waals surface area contributed by atoms with Gasteiger partial charge >= 0.3 is 5.69 Å². The quantitative estimate of drug-likeness (QED) is 0.838. The Morgan fingerprint density at radius 2 is 2.04 bits per heavy atom. The van der Waals surface area contributed by atoms with Gasteiger partial charge in [-0.25, -0.2) is 4.79 Å². The topological polar surface area (TPSA) is 73.1 Å². The molecule has 1 amide bonds. The fourth-order valence-electron chi connectivity index (χ4n) is 4.40. The third-order valence-electron chi connectivity index (χ3n) is 5.69. The molecule has 1 heterocycles. The Kier molecular flexibility index (Phi) is 4.47. The fourth-order valence-corrected chi connectivity index (χ4v) is 4.40. The van der Waals surface area contributed by atoms with Crippen LogP contribution in [0.15, 0.2) is 21.9 Å². The molecule has 0 aliphatic heterocycles. The minimum absolute atomic E-state index is 0.153. The average molecular weight is 331 g/mol. The van der Waals surface area contributed by atoms with Crippen LogP contribution < -0.4 is 16.6 Å². The predicted molar refractivity (Wildman–Crippen MR) is 92.5 cm³/mol. The second-order valence-electron chi connectivity index (χ2n) is 7.31. The molecule has 4 atom stereocenters. The first-order chi connectivity index (χ1) is 11.4. The van der Waals surface area contributed by atoms with Crippen LogP contribution in [0.5, 0.6) is 0 Å². The van der Waals surface area contributed by atoms with Gasteiger partial charge in [-0.3, -0.25) is 14.2 Å². The summed E-state index contributed by atoms with van der Waals surface area (Å²) in [7, 11) is 3.01. The van der Waals surface area contributed by atoms with Crippen molar-refractivity contribution in [2.75, 3.05) is 0 Å². The Bertz CT molecular complexity index is 790. The van der Waals surface area contributed by atoms with Gasteiger partial charge in [0.15, 0.2) is 0 Å². The largest absolute Gasteiger partial charge is 0.350 e. The number of fused-ring (bicyclic) bond motifs is 2. The van der Waals surface area contributed by atoms with Crippen molar-refractivity contribution < 1.29 is 4.79 Å². The first-order valence-electron chi connectivity index (χ1n) is 8.62. The van der Waals surface area contributed by atoms with Crippen molar-refractivity contribution in [3.63, 3.8) is 0 Å². The number of amides is 1. The molecule has 1 aromatic rings. The monoisotopic (exact) mass is 331 g/mol. The van der Waals surface area contributed by atoms with Gasteiger partial charge in [0, 0.05) is 32.4 Å². The van der Waals surface area contributed by atoms with Gasteiger partial charge < -0.3 is 9.88 Å². The molecule has 24 heavy (non-hydrogen) atoms. The Labute approximate surface area is 141 Å². The van der Waals surface area contributed by atoms with Crippen molar-refractivity contribution in [1.82, 2.24) is 14.5 Å². The number of hydrogen-bond acceptors (Lipinski definition) is 3. The highest BCUT2D eigenvalue weighted by molar-refractivity contribution is 5.91. The molecule has 3 rings (SSSR count). The van der Waals surface area contributed by atoms with Crippen LogP contribution in [0, 0.1) is 17.8 Å². The van der Waals surface area contributed by atoms with Crippen LogP contribution in [0.3, 0.4) is 0 Å². The van der Waals surface area contributed by atoms with Crippen LogP contribution in [0.4, 0.5) is 0 Å². The van der Waals surface area contributed by atoms with E-state index in [0.717, 1.165) is 16.4 Å². The molecular formula is C18H25N3O3. The molecule has 0 saturated heterocycles. The summed E-state index contributed by atoms with van der Waals surface area (Å²) < 4.78 is 2.37.